The summed E-state index contributed by atoms with van der Waals surface area (Å²) in [6.45, 7) is 1.97. The van der Waals surface area contributed by atoms with Crippen molar-refractivity contribution in [1.82, 2.24) is 14.8 Å². The van der Waals surface area contributed by atoms with E-state index in [4.69, 9.17) is 5.11 Å². The third-order valence-corrected chi connectivity index (χ3v) is 4.47. The number of aliphatic hydroxyl groups is 1. The zero-order valence-electron chi connectivity index (χ0n) is 9.51. The first-order chi connectivity index (χ1) is 8.11. The molecule has 1 heterocycles. The van der Waals surface area contributed by atoms with Gasteiger partial charge in [-0.05, 0) is 52.3 Å². The summed E-state index contributed by atoms with van der Waals surface area (Å²) >= 11 is 5.03. The number of hydrogen-bond donors (Lipinski definition) is 1. The van der Waals surface area contributed by atoms with Crippen LogP contribution in [0.5, 0.6) is 0 Å². The van der Waals surface area contributed by atoms with Crippen molar-refractivity contribution in [2.45, 2.75) is 23.6 Å². The van der Waals surface area contributed by atoms with Crippen molar-refractivity contribution < 1.29 is 5.11 Å². The van der Waals surface area contributed by atoms with E-state index in [-0.39, 0.29) is 6.61 Å². The van der Waals surface area contributed by atoms with E-state index < -0.39 is 0 Å². The Morgan fingerprint density at radius 1 is 1.41 bits per heavy atom. The average Bonchev–Trinajstić information content (AvgIpc) is 2.63. The zero-order chi connectivity index (χ0) is 12.4. The summed E-state index contributed by atoms with van der Waals surface area (Å²) in [7, 11) is 1.94. The first-order valence-corrected chi connectivity index (χ1v) is 6.66. The molecule has 0 saturated carbocycles. The summed E-state index contributed by atoms with van der Waals surface area (Å²) in [4.78, 5) is 1.05. The highest BCUT2D eigenvalue weighted by molar-refractivity contribution is 9.10. The van der Waals surface area contributed by atoms with Gasteiger partial charge in [0, 0.05) is 16.4 Å². The van der Waals surface area contributed by atoms with Crippen molar-refractivity contribution in [3.05, 3.63) is 34.1 Å². The highest BCUT2D eigenvalue weighted by Crippen LogP contribution is 2.32. The second-order valence-corrected chi connectivity index (χ2v) is 5.48. The topological polar surface area (TPSA) is 50.9 Å². The molecule has 4 nitrogen and oxygen atoms in total. The van der Waals surface area contributed by atoms with Crippen LogP contribution in [0.2, 0.25) is 0 Å². The Morgan fingerprint density at radius 3 is 2.71 bits per heavy atom. The van der Waals surface area contributed by atoms with Gasteiger partial charge < -0.3 is 9.67 Å². The molecule has 0 saturated heterocycles. The van der Waals surface area contributed by atoms with Gasteiger partial charge in [0.25, 0.3) is 0 Å². The molecule has 0 atom stereocenters. The monoisotopic (exact) mass is 313 g/mol. The molecule has 0 aliphatic rings. The first kappa shape index (κ1) is 12.6. The van der Waals surface area contributed by atoms with Gasteiger partial charge in [-0.15, -0.1) is 10.2 Å². The van der Waals surface area contributed by atoms with Crippen LogP contribution in [0.3, 0.4) is 0 Å². The number of rotatable bonds is 3. The fourth-order valence-corrected chi connectivity index (χ4v) is 2.81. The molecule has 1 N–H and O–H groups in total. The van der Waals surface area contributed by atoms with Gasteiger partial charge in [0.05, 0.1) is 6.61 Å². The molecule has 0 bridgehead atoms. The van der Waals surface area contributed by atoms with E-state index in [1.807, 2.05) is 36.7 Å². The largest absolute Gasteiger partial charge is 0.392 e. The summed E-state index contributed by atoms with van der Waals surface area (Å²) in [5.41, 5.74) is 0.885. The highest BCUT2D eigenvalue weighted by Gasteiger charge is 2.09. The van der Waals surface area contributed by atoms with Crippen LogP contribution in [0.25, 0.3) is 0 Å². The van der Waals surface area contributed by atoms with Crippen molar-refractivity contribution >= 4 is 27.7 Å². The molecule has 0 radical (unpaired) electrons. The maximum absolute atomic E-state index is 9.04. The van der Waals surface area contributed by atoms with Gasteiger partial charge in [-0.2, -0.15) is 0 Å². The molecular weight excluding hydrogens is 302 g/mol. The second-order valence-electron chi connectivity index (χ2n) is 3.61. The van der Waals surface area contributed by atoms with Crippen LogP contribution in [-0.2, 0) is 13.7 Å². The number of hydrogen-bond acceptors (Lipinski definition) is 4. The summed E-state index contributed by atoms with van der Waals surface area (Å²) < 4.78 is 2.89. The molecule has 0 fully saturated rings. The molecule has 0 aliphatic heterocycles. The van der Waals surface area contributed by atoms with Crippen molar-refractivity contribution in [2.75, 3.05) is 0 Å². The van der Waals surface area contributed by atoms with Crippen molar-refractivity contribution in [3.63, 3.8) is 0 Å². The van der Waals surface area contributed by atoms with Gasteiger partial charge in [-0.25, -0.2) is 0 Å². The Balaban J connectivity index is 2.27. The maximum atomic E-state index is 9.04. The minimum absolute atomic E-state index is 0.0482. The molecule has 2 aromatic rings. The smallest absolute Gasteiger partial charge is 0.195 e. The number of aryl methyl sites for hydroxylation is 1. The lowest BCUT2D eigenvalue weighted by atomic mass is 10.2. The number of nitrogens with zero attached hydrogens (tertiary/aromatic N) is 3. The fraction of sp³-hybridized carbons (Fsp3) is 0.273. The molecule has 17 heavy (non-hydrogen) atoms. The van der Waals surface area contributed by atoms with Crippen LogP contribution in [0.15, 0.2) is 32.7 Å². The summed E-state index contributed by atoms with van der Waals surface area (Å²) in [6, 6.07) is 5.77. The Kier molecular flexibility index (Phi) is 3.86. The molecule has 1 aromatic heterocycles. The van der Waals surface area contributed by atoms with Gasteiger partial charge in [0.1, 0.15) is 5.82 Å². The lowest BCUT2D eigenvalue weighted by Crippen LogP contribution is -1.93. The number of aromatic nitrogens is 3. The van der Waals surface area contributed by atoms with Crippen molar-refractivity contribution in [3.8, 4) is 0 Å². The van der Waals surface area contributed by atoms with E-state index in [1.165, 1.54) is 0 Å². The summed E-state index contributed by atoms with van der Waals surface area (Å²) in [5.74, 6) is 0.885. The average molecular weight is 314 g/mol. The van der Waals surface area contributed by atoms with Crippen molar-refractivity contribution in [2.24, 2.45) is 7.05 Å². The van der Waals surface area contributed by atoms with Crippen LogP contribution < -0.4 is 0 Å². The quantitative estimate of drug-likeness (QED) is 0.946. The lowest BCUT2D eigenvalue weighted by molar-refractivity contribution is 0.281. The molecule has 0 spiro atoms. The van der Waals surface area contributed by atoms with E-state index >= 15 is 0 Å². The predicted octanol–water partition coefficient (Wildman–Crippen LogP) is 2.53. The molecular formula is C11H12BrN3OS. The van der Waals surface area contributed by atoms with E-state index in [2.05, 4.69) is 26.1 Å². The molecule has 1 aromatic carbocycles. The molecule has 2 rings (SSSR count). The van der Waals surface area contributed by atoms with Gasteiger partial charge >= 0.3 is 0 Å². The Labute approximate surface area is 112 Å². The maximum Gasteiger partial charge on any atom is 0.195 e. The Hall–Kier alpha value is -0.850. The SMILES string of the molecule is Cc1nnc(Sc2ccc(CO)cc2Br)n1C. The van der Waals surface area contributed by atoms with E-state index in [0.29, 0.717) is 0 Å². The minimum Gasteiger partial charge on any atom is -0.392 e. The molecule has 90 valence electrons. The Morgan fingerprint density at radius 2 is 2.18 bits per heavy atom. The summed E-state index contributed by atoms with van der Waals surface area (Å²) in [5, 5.41) is 18.0. The van der Waals surface area contributed by atoms with Crippen LogP contribution in [0.4, 0.5) is 0 Å². The van der Waals surface area contributed by atoms with Crippen molar-refractivity contribution in [1.29, 1.82) is 0 Å². The zero-order valence-corrected chi connectivity index (χ0v) is 11.9. The molecule has 6 heteroatoms. The molecule has 0 unspecified atom stereocenters. The third-order valence-electron chi connectivity index (χ3n) is 2.43. The van der Waals surface area contributed by atoms with Gasteiger partial charge in [-0.1, -0.05) is 6.07 Å². The summed E-state index contributed by atoms with van der Waals surface area (Å²) in [6.07, 6.45) is 0. The predicted molar refractivity (Wildman–Crippen MR) is 69.9 cm³/mol. The van der Waals surface area contributed by atoms with Crippen LogP contribution in [0, 0.1) is 6.92 Å². The second kappa shape index (κ2) is 5.20. The van der Waals surface area contributed by atoms with Crippen LogP contribution in [-0.4, -0.2) is 19.9 Å². The molecule has 0 aliphatic carbocycles. The van der Waals surface area contributed by atoms with Crippen LogP contribution >= 0.6 is 27.7 Å². The van der Waals surface area contributed by atoms with Gasteiger partial charge in [0.2, 0.25) is 0 Å². The van der Waals surface area contributed by atoms with E-state index in [9.17, 15) is 0 Å². The third kappa shape index (κ3) is 2.70. The van der Waals surface area contributed by atoms with Gasteiger partial charge in [-0.3, -0.25) is 0 Å². The minimum atomic E-state index is 0.0482. The van der Waals surface area contributed by atoms with Gasteiger partial charge in [0.15, 0.2) is 5.16 Å². The molecule has 0 amide bonds. The normalized spacial score (nSPS) is 10.8. The highest BCUT2D eigenvalue weighted by atomic mass is 79.9. The lowest BCUT2D eigenvalue weighted by Gasteiger charge is -2.05. The Bertz CT molecular complexity index is 542. The standard InChI is InChI=1S/C11H12BrN3OS/c1-7-13-14-11(15(7)2)17-10-4-3-8(6-16)5-9(10)12/h3-5,16H,6H2,1-2H3. The van der Waals surface area contributed by atoms with E-state index in [0.717, 1.165) is 25.9 Å². The van der Waals surface area contributed by atoms with Crippen LogP contribution in [0.1, 0.15) is 11.4 Å². The number of halogens is 1. The fourth-order valence-electron chi connectivity index (χ4n) is 1.30. The van der Waals surface area contributed by atoms with E-state index in [1.54, 1.807) is 11.8 Å². The number of benzene rings is 1. The number of aliphatic hydroxyl groups excluding tert-OH is 1. The first-order valence-electron chi connectivity index (χ1n) is 5.05.